The normalized spacial score (nSPS) is 17.1. The van der Waals surface area contributed by atoms with Crippen molar-refractivity contribution in [2.75, 3.05) is 46.3 Å². The zero-order chi connectivity index (χ0) is 13.8. The van der Waals surface area contributed by atoms with Gasteiger partial charge in [0.25, 0.3) is 0 Å². The van der Waals surface area contributed by atoms with Crippen LogP contribution in [0.25, 0.3) is 11.0 Å². The summed E-state index contributed by atoms with van der Waals surface area (Å²) >= 11 is 0. The third-order valence-electron chi connectivity index (χ3n) is 3.91. The maximum atomic E-state index is 5.87. The molecular formula is C16H23N3O. The maximum Gasteiger partial charge on any atom is 0.134 e. The smallest absolute Gasteiger partial charge is 0.134 e. The summed E-state index contributed by atoms with van der Waals surface area (Å²) in [6, 6.07) is 10.3. The summed E-state index contributed by atoms with van der Waals surface area (Å²) in [5.74, 6) is 1.05. The van der Waals surface area contributed by atoms with Gasteiger partial charge in [-0.1, -0.05) is 18.2 Å². The lowest BCUT2D eigenvalue weighted by Crippen LogP contribution is -2.45. The van der Waals surface area contributed by atoms with Crippen LogP contribution >= 0.6 is 0 Å². The van der Waals surface area contributed by atoms with Crippen LogP contribution in [0.15, 0.2) is 34.7 Å². The van der Waals surface area contributed by atoms with Crippen LogP contribution in [-0.2, 0) is 6.54 Å². The highest BCUT2D eigenvalue weighted by atomic mass is 16.3. The van der Waals surface area contributed by atoms with E-state index in [4.69, 9.17) is 4.42 Å². The first-order chi connectivity index (χ1) is 9.81. The SMILES string of the molecule is CN(CCN1CCNCC1)Cc1cc2ccccc2o1. The Bertz CT molecular complexity index is 512. The van der Waals surface area contributed by atoms with Crippen molar-refractivity contribution in [3.05, 3.63) is 36.1 Å². The van der Waals surface area contributed by atoms with Crippen molar-refractivity contribution in [2.45, 2.75) is 6.54 Å². The van der Waals surface area contributed by atoms with Gasteiger partial charge in [0, 0.05) is 44.7 Å². The highest BCUT2D eigenvalue weighted by molar-refractivity contribution is 5.77. The third-order valence-corrected chi connectivity index (χ3v) is 3.91. The first-order valence-corrected chi connectivity index (χ1v) is 7.40. The Kier molecular flexibility index (Phi) is 4.35. The molecule has 0 radical (unpaired) electrons. The summed E-state index contributed by atoms with van der Waals surface area (Å²) in [5.41, 5.74) is 0.984. The molecule has 1 aromatic heterocycles. The van der Waals surface area contributed by atoms with Gasteiger partial charge in [-0.05, 0) is 19.2 Å². The Balaban J connectivity index is 1.51. The Morgan fingerprint density at radius 3 is 2.85 bits per heavy atom. The van der Waals surface area contributed by atoms with Crippen LogP contribution in [-0.4, -0.2) is 56.1 Å². The van der Waals surface area contributed by atoms with Crippen molar-refractivity contribution in [2.24, 2.45) is 0 Å². The van der Waals surface area contributed by atoms with Crippen molar-refractivity contribution < 1.29 is 4.42 Å². The monoisotopic (exact) mass is 273 g/mol. The number of hydrogen-bond acceptors (Lipinski definition) is 4. The number of likely N-dealkylation sites (N-methyl/N-ethyl adjacent to an activating group) is 1. The summed E-state index contributed by atoms with van der Waals surface area (Å²) < 4.78 is 5.87. The molecule has 108 valence electrons. The van der Waals surface area contributed by atoms with Crippen molar-refractivity contribution in [3.8, 4) is 0 Å². The topological polar surface area (TPSA) is 31.6 Å². The van der Waals surface area contributed by atoms with Gasteiger partial charge in [0.2, 0.25) is 0 Å². The molecule has 2 heterocycles. The molecule has 0 spiro atoms. The van der Waals surface area contributed by atoms with Gasteiger partial charge in [0.1, 0.15) is 11.3 Å². The Morgan fingerprint density at radius 2 is 2.05 bits per heavy atom. The van der Waals surface area contributed by atoms with Crippen molar-refractivity contribution in [1.82, 2.24) is 15.1 Å². The number of hydrogen-bond donors (Lipinski definition) is 1. The van der Waals surface area contributed by atoms with Gasteiger partial charge in [0.05, 0.1) is 6.54 Å². The fraction of sp³-hybridized carbons (Fsp3) is 0.500. The van der Waals surface area contributed by atoms with E-state index in [9.17, 15) is 0 Å². The molecule has 0 amide bonds. The molecule has 1 N–H and O–H groups in total. The van der Waals surface area contributed by atoms with Crippen LogP contribution in [0.2, 0.25) is 0 Å². The molecule has 1 aromatic carbocycles. The second kappa shape index (κ2) is 6.39. The Labute approximate surface area is 120 Å². The minimum absolute atomic E-state index is 0.876. The number of nitrogens with zero attached hydrogens (tertiary/aromatic N) is 2. The van der Waals surface area contributed by atoms with Crippen LogP contribution in [0.5, 0.6) is 0 Å². The van der Waals surface area contributed by atoms with Crippen LogP contribution in [0, 0.1) is 0 Å². The lowest BCUT2D eigenvalue weighted by molar-refractivity contribution is 0.197. The molecule has 0 saturated carbocycles. The molecule has 4 nitrogen and oxygen atoms in total. The molecule has 4 heteroatoms. The molecular weight excluding hydrogens is 250 g/mol. The van der Waals surface area contributed by atoms with E-state index in [1.54, 1.807) is 0 Å². The summed E-state index contributed by atoms with van der Waals surface area (Å²) in [7, 11) is 2.16. The van der Waals surface area contributed by atoms with E-state index in [0.717, 1.165) is 44.1 Å². The zero-order valence-electron chi connectivity index (χ0n) is 12.1. The fourth-order valence-electron chi connectivity index (χ4n) is 2.71. The standard InChI is InChI=1S/C16H23N3O/c1-18(10-11-19-8-6-17-7-9-19)13-15-12-14-4-2-3-5-16(14)20-15/h2-5,12,17H,6-11,13H2,1H3. The van der Waals surface area contributed by atoms with E-state index in [2.05, 4.69) is 40.4 Å². The lowest BCUT2D eigenvalue weighted by atomic mass is 10.2. The Hall–Kier alpha value is -1.36. The van der Waals surface area contributed by atoms with Crippen LogP contribution < -0.4 is 5.32 Å². The molecule has 1 aliphatic heterocycles. The highest BCUT2D eigenvalue weighted by Gasteiger charge is 2.11. The average molecular weight is 273 g/mol. The van der Waals surface area contributed by atoms with E-state index in [1.807, 2.05) is 12.1 Å². The summed E-state index contributed by atoms with van der Waals surface area (Å²) in [6.45, 7) is 7.66. The van der Waals surface area contributed by atoms with Crippen LogP contribution in [0.4, 0.5) is 0 Å². The molecule has 20 heavy (non-hydrogen) atoms. The van der Waals surface area contributed by atoms with Gasteiger partial charge >= 0.3 is 0 Å². The van der Waals surface area contributed by atoms with Crippen LogP contribution in [0.3, 0.4) is 0 Å². The quantitative estimate of drug-likeness (QED) is 0.900. The molecule has 0 bridgehead atoms. The van der Waals surface area contributed by atoms with Gasteiger partial charge in [0.15, 0.2) is 0 Å². The first kappa shape index (κ1) is 13.6. The van der Waals surface area contributed by atoms with E-state index in [-0.39, 0.29) is 0 Å². The number of fused-ring (bicyclic) bond motifs is 1. The lowest BCUT2D eigenvalue weighted by Gasteiger charge is -2.28. The summed E-state index contributed by atoms with van der Waals surface area (Å²) in [6.07, 6.45) is 0. The third kappa shape index (κ3) is 3.39. The van der Waals surface area contributed by atoms with Gasteiger partial charge in [-0.25, -0.2) is 0 Å². The zero-order valence-corrected chi connectivity index (χ0v) is 12.1. The number of nitrogens with one attached hydrogen (secondary N) is 1. The van der Waals surface area contributed by atoms with E-state index in [0.29, 0.717) is 0 Å². The van der Waals surface area contributed by atoms with E-state index >= 15 is 0 Å². The van der Waals surface area contributed by atoms with Gasteiger partial charge < -0.3 is 9.73 Å². The molecule has 3 rings (SSSR count). The average Bonchev–Trinajstić information content (AvgIpc) is 2.88. The molecule has 2 aromatic rings. The number of para-hydroxylation sites is 1. The van der Waals surface area contributed by atoms with Gasteiger partial charge in [-0.2, -0.15) is 0 Å². The van der Waals surface area contributed by atoms with Crippen LogP contribution in [0.1, 0.15) is 5.76 Å². The summed E-state index contributed by atoms with van der Waals surface area (Å²) in [4.78, 5) is 4.85. The van der Waals surface area contributed by atoms with E-state index in [1.165, 1.54) is 18.5 Å². The number of piperazine rings is 1. The second-order valence-corrected chi connectivity index (χ2v) is 5.58. The largest absolute Gasteiger partial charge is 0.460 e. The highest BCUT2D eigenvalue weighted by Crippen LogP contribution is 2.19. The second-order valence-electron chi connectivity index (χ2n) is 5.58. The molecule has 0 atom stereocenters. The molecule has 1 fully saturated rings. The van der Waals surface area contributed by atoms with Gasteiger partial charge in [-0.15, -0.1) is 0 Å². The predicted octanol–water partition coefficient (Wildman–Crippen LogP) is 1.77. The molecule has 0 unspecified atom stereocenters. The van der Waals surface area contributed by atoms with Crippen molar-refractivity contribution in [1.29, 1.82) is 0 Å². The predicted molar refractivity (Wildman–Crippen MR) is 81.9 cm³/mol. The molecule has 1 saturated heterocycles. The van der Waals surface area contributed by atoms with Gasteiger partial charge in [-0.3, -0.25) is 9.80 Å². The molecule has 0 aliphatic carbocycles. The number of rotatable bonds is 5. The summed E-state index contributed by atoms with van der Waals surface area (Å²) in [5, 5.41) is 4.58. The first-order valence-electron chi connectivity index (χ1n) is 7.40. The van der Waals surface area contributed by atoms with Crippen molar-refractivity contribution in [3.63, 3.8) is 0 Å². The van der Waals surface area contributed by atoms with Crippen molar-refractivity contribution >= 4 is 11.0 Å². The Morgan fingerprint density at radius 1 is 1.25 bits per heavy atom. The minimum Gasteiger partial charge on any atom is -0.460 e. The minimum atomic E-state index is 0.876. The molecule has 1 aliphatic rings. The van der Waals surface area contributed by atoms with E-state index < -0.39 is 0 Å². The maximum absolute atomic E-state index is 5.87. The number of furan rings is 1. The fourth-order valence-corrected chi connectivity index (χ4v) is 2.71. The number of benzene rings is 1.